The largest absolute Gasteiger partial charge is 0.444 e. The van der Waals surface area contributed by atoms with Crippen molar-refractivity contribution >= 4 is 6.09 Å². The monoisotopic (exact) mass is 283 g/mol. The van der Waals surface area contributed by atoms with E-state index in [-0.39, 0.29) is 12.1 Å². The zero-order valence-corrected chi connectivity index (χ0v) is 13.0. The van der Waals surface area contributed by atoms with Crippen molar-refractivity contribution in [1.82, 2.24) is 16.0 Å². The van der Waals surface area contributed by atoms with E-state index in [0.29, 0.717) is 12.1 Å². The quantitative estimate of drug-likeness (QED) is 0.739. The Morgan fingerprint density at radius 2 is 1.75 bits per heavy atom. The first-order valence-electron chi connectivity index (χ1n) is 7.90. The SMILES string of the molecule is CC(C)(C)OC(=O)NC1CCCC1NC1CCNCC1. The zero-order chi connectivity index (χ0) is 14.6. The number of amides is 1. The normalized spacial score (nSPS) is 28.4. The van der Waals surface area contributed by atoms with E-state index < -0.39 is 5.60 Å². The van der Waals surface area contributed by atoms with Crippen LogP contribution < -0.4 is 16.0 Å². The summed E-state index contributed by atoms with van der Waals surface area (Å²) in [7, 11) is 0. The molecule has 1 saturated carbocycles. The van der Waals surface area contributed by atoms with Crippen LogP contribution in [0.25, 0.3) is 0 Å². The maximum Gasteiger partial charge on any atom is 0.407 e. The highest BCUT2D eigenvalue weighted by atomic mass is 16.6. The molecular formula is C15H29N3O2. The van der Waals surface area contributed by atoms with Crippen LogP contribution in [0.3, 0.4) is 0 Å². The average Bonchev–Trinajstić information content (AvgIpc) is 2.75. The fraction of sp³-hybridized carbons (Fsp3) is 0.933. The molecule has 0 bridgehead atoms. The van der Waals surface area contributed by atoms with Crippen LogP contribution in [0.1, 0.15) is 52.9 Å². The third-order valence-corrected chi connectivity index (χ3v) is 4.01. The molecule has 2 atom stereocenters. The molecule has 0 radical (unpaired) electrons. The number of hydrogen-bond donors (Lipinski definition) is 3. The van der Waals surface area contributed by atoms with Gasteiger partial charge in [-0.2, -0.15) is 0 Å². The number of alkyl carbamates (subject to hydrolysis) is 1. The number of piperidine rings is 1. The maximum absolute atomic E-state index is 11.9. The summed E-state index contributed by atoms with van der Waals surface area (Å²) in [5.41, 5.74) is -0.430. The molecule has 0 aromatic carbocycles. The predicted octanol–water partition coefficient (Wildman–Crippen LogP) is 1.77. The zero-order valence-electron chi connectivity index (χ0n) is 13.0. The van der Waals surface area contributed by atoms with Gasteiger partial charge in [0.25, 0.3) is 0 Å². The Labute approximate surface area is 122 Å². The van der Waals surface area contributed by atoms with Gasteiger partial charge < -0.3 is 20.7 Å². The fourth-order valence-corrected chi connectivity index (χ4v) is 3.08. The second-order valence-electron chi connectivity index (χ2n) is 6.98. The molecule has 0 aromatic rings. The molecule has 1 aliphatic heterocycles. The van der Waals surface area contributed by atoms with Crippen LogP contribution in [0.4, 0.5) is 4.79 Å². The molecule has 2 rings (SSSR count). The first-order chi connectivity index (χ1) is 9.44. The molecule has 1 aliphatic carbocycles. The molecule has 2 fully saturated rings. The van der Waals surface area contributed by atoms with E-state index in [0.717, 1.165) is 25.9 Å². The minimum absolute atomic E-state index is 0.208. The summed E-state index contributed by atoms with van der Waals surface area (Å²) in [4.78, 5) is 11.9. The van der Waals surface area contributed by atoms with Gasteiger partial charge in [0.2, 0.25) is 0 Å². The van der Waals surface area contributed by atoms with Crippen LogP contribution in [-0.2, 0) is 4.74 Å². The van der Waals surface area contributed by atoms with Crippen molar-refractivity contribution in [2.45, 2.75) is 76.6 Å². The van der Waals surface area contributed by atoms with Gasteiger partial charge in [0.1, 0.15) is 5.60 Å². The summed E-state index contributed by atoms with van der Waals surface area (Å²) in [5, 5.41) is 10.1. The molecule has 2 unspecified atom stereocenters. The van der Waals surface area contributed by atoms with Crippen molar-refractivity contribution in [2.24, 2.45) is 0 Å². The molecule has 1 heterocycles. The van der Waals surface area contributed by atoms with Gasteiger partial charge >= 0.3 is 6.09 Å². The van der Waals surface area contributed by atoms with Crippen LogP contribution in [0, 0.1) is 0 Å². The number of carbonyl (C=O) groups excluding carboxylic acids is 1. The molecular weight excluding hydrogens is 254 g/mol. The summed E-state index contributed by atoms with van der Waals surface area (Å²) in [6, 6.07) is 1.19. The first-order valence-corrected chi connectivity index (χ1v) is 7.90. The average molecular weight is 283 g/mol. The molecule has 5 nitrogen and oxygen atoms in total. The third-order valence-electron chi connectivity index (χ3n) is 4.01. The highest BCUT2D eigenvalue weighted by molar-refractivity contribution is 5.68. The second-order valence-corrected chi connectivity index (χ2v) is 6.98. The number of nitrogens with one attached hydrogen (secondary N) is 3. The van der Waals surface area contributed by atoms with E-state index in [1.165, 1.54) is 19.3 Å². The van der Waals surface area contributed by atoms with Crippen LogP contribution in [0.5, 0.6) is 0 Å². The minimum atomic E-state index is -0.430. The van der Waals surface area contributed by atoms with Crippen molar-refractivity contribution in [3.8, 4) is 0 Å². The van der Waals surface area contributed by atoms with Gasteiger partial charge in [-0.05, 0) is 66.0 Å². The Morgan fingerprint density at radius 1 is 1.10 bits per heavy atom. The lowest BCUT2D eigenvalue weighted by Crippen LogP contribution is -2.52. The molecule has 0 spiro atoms. The molecule has 1 amide bonds. The molecule has 20 heavy (non-hydrogen) atoms. The first kappa shape index (κ1) is 15.6. The fourth-order valence-electron chi connectivity index (χ4n) is 3.08. The summed E-state index contributed by atoms with van der Waals surface area (Å²) in [6.07, 6.45) is 5.42. The van der Waals surface area contributed by atoms with Crippen LogP contribution in [-0.4, -0.2) is 42.9 Å². The van der Waals surface area contributed by atoms with Gasteiger partial charge in [-0.3, -0.25) is 0 Å². The Kier molecular flexibility index (Phi) is 5.27. The van der Waals surface area contributed by atoms with Crippen molar-refractivity contribution in [3.63, 3.8) is 0 Å². The van der Waals surface area contributed by atoms with Crippen LogP contribution >= 0.6 is 0 Å². The molecule has 1 saturated heterocycles. The maximum atomic E-state index is 11.9. The van der Waals surface area contributed by atoms with E-state index in [2.05, 4.69) is 16.0 Å². The minimum Gasteiger partial charge on any atom is -0.444 e. The van der Waals surface area contributed by atoms with Gasteiger partial charge in [0, 0.05) is 18.1 Å². The topological polar surface area (TPSA) is 62.4 Å². The van der Waals surface area contributed by atoms with E-state index in [1.807, 2.05) is 20.8 Å². The van der Waals surface area contributed by atoms with E-state index in [9.17, 15) is 4.79 Å². The van der Waals surface area contributed by atoms with Gasteiger partial charge in [0.15, 0.2) is 0 Å². The summed E-state index contributed by atoms with van der Waals surface area (Å²) in [5.74, 6) is 0. The van der Waals surface area contributed by atoms with Gasteiger partial charge in [0.05, 0.1) is 0 Å². The Bertz CT molecular complexity index is 322. The van der Waals surface area contributed by atoms with E-state index in [4.69, 9.17) is 4.74 Å². The second kappa shape index (κ2) is 6.76. The lowest BCUT2D eigenvalue weighted by molar-refractivity contribution is 0.0496. The Hall–Kier alpha value is -0.810. The van der Waals surface area contributed by atoms with Crippen LogP contribution in [0.2, 0.25) is 0 Å². The molecule has 5 heteroatoms. The third kappa shape index (κ3) is 4.94. The van der Waals surface area contributed by atoms with E-state index >= 15 is 0 Å². The molecule has 2 aliphatic rings. The van der Waals surface area contributed by atoms with E-state index in [1.54, 1.807) is 0 Å². The Morgan fingerprint density at radius 3 is 2.40 bits per heavy atom. The number of hydrogen-bond acceptors (Lipinski definition) is 4. The lowest BCUT2D eigenvalue weighted by atomic mass is 10.0. The highest BCUT2D eigenvalue weighted by Crippen LogP contribution is 2.21. The highest BCUT2D eigenvalue weighted by Gasteiger charge is 2.31. The van der Waals surface area contributed by atoms with Crippen molar-refractivity contribution < 1.29 is 9.53 Å². The molecule has 3 N–H and O–H groups in total. The summed E-state index contributed by atoms with van der Waals surface area (Å²) < 4.78 is 5.35. The Balaban J connectivity index is 1.79. The predicted molar refractivity (Wildman–Crippen MR) is 79.8 cm³/mol. The summed E-state index contributed by atoms with van der Waals surface area (Å²) >= 11 is 0. The number of carbonyl (C=O) groups is 1. The smallest absolute Gasteiger partial charge is 0.407 e. The van der Waals surface area contributed by atoms with Gasteiger partial charge in [-0.25, -0.2) is 4.79 Å². The van der Waals surface area contributed by atoms with Crippen molar-refractivity contribution in [1.29, 1.82) is 0 Å². The van der Waals surface area contributed by atoms with Crippen molar-refractivity contribution in [2.75, 3.05) is 13.1 Å². The molecule has 0 aromatic heterocycles. The summed E-state index contributed by atoms with van der Waals surface area (Å²) in [6.45, 7) is 7.87. The van der Waals surface area contributed by atoms with Crippen molar-refractivity contribution in [3.05, 3.63) is 0 Å². The number of ether oxygens (including phenoxy) is 1. The van der Waals surface area contributed by atoms with Gasteiger partial charge in [-0.15, -0.1) is 0 Å². The number of rotatable bonds is 3. The van der Waals surface area contributed by atoms with Gasteiger partial charge in [-0.1, -0.05) is 0 Å². The standard InChI is InChI=1S/C15H29N3O2/c1-15(2,3)20-14(19)18-13-6-4-5-12(13)17-11-7-9-16-10-8-11/h11-13,16-17H,4-10H2,1-3H3,(H,18,19). The lowest BCUT2D eigenvalue weighted by Gasteiger charge is -2.31. The molecule has 116 valence electrons. The van der Waals surface area contributed by atoms with Crippen LogP contribution in [0.15, 0.2) is 0 Å².